The molecule has 7 aliphatic rings. The number of Topliss-reactive ketones (excluding diaryl/α,β-unsaturated/α-hetero) is 1. The first-order chi connectivity index (χ1) is 13.8. The van der Waals surface area contributed by atoms with E-state index in [1.54, 1.807) is 0 Å². The van der Waals surface area contributed by atoms with Crippen LogP contribution in [-0.2, 0) is 14.3 Å². The van der Waals surface area contributed by atoms with E-state index in [9.17, 15) is 14.7 Å². The maximum Gasteiger partial charge on any atom is 0.148 e. The summed E-state index contributed by atoms with van der Waals surface area (Å²) in [5, 5.41) is 11.8. The minimum absolute atomic E-state index is 0.0690. The zero-order chi connectivity index (χ0) is 20.0. The van der Waals surface area contributed by atoms with E-state index < -0.39 is 5.60 Å². The first kappa shape index (κ1) is 17.9. The van der Waals surface area contributed by atoms with Crippen molar-refractivity contribution in [2.24, 2.45) is 52.3 Å². The van der Waals surface area contributed by atoms with E-state index in [2.05, 4.69) is 13.8 Å². The molecule has 7 unspecified atom stereocenters. The summed E-state index contributed by atoms with van der Waals surface area (Å²) in [5.41, 5.74) is -0.746. The molecule has 1 heterocycles. The van der Waals surface area contributed by atoms with Crippen molar-refractivity contribution in [2.45, 2.75) is 88.9 Å². The van der Waals surface area contributed by atoms with E-state index in [1.165, 1.54) is 6.42 Å². The van der Waals surface area contributed by atoms with Gasteiger partial charge in [0.2, 0.25) is 0 Å². The average Bonchev–Trinajstić information content (AvgIpc) is 3.59. The van der Waals surface area contributed by atoms with Crippen LogP contribution in [0.3, 0.4) is 0 Å². The van der Waals surface area contributed by atoms with Crippen molar-refractivity contribution in [3.8, 4) is 0 Å². The number of ether oxygens (including phenoxy) is 1. The number of hydrogen-bond donors (Lipinski definition) is 1. The average molecular weight is 399 g/mol. The summed E-state index contributed by atoms with van der Waals surface area (Å²) in [6, 6.07) is 0. The van der Waals surface area contributed by atoms with Crippen LogP contribution in [0.4, 0.5) is 0 Å². The molecule has 1 spiro atoms. The van der Waals surface area contributed by atoms with Gasteiger partial charge in [-0.05, 0) is 86.4 Å². The smallest absolute Gasteiger partial charge is 0.148 e. The third kappa shape index (κ3) is 1.77. The third-order valence-corrected chi connectivity index (χ3v) is 11.9. The molecule has 0 radical (unpaired) electrons. The van der Waals surface area contributed by atoms with Gasteiger partial charge in [0.05, 0.1) is 11.2 Å². The van der Waals surface area contributed by atoms with Crippen molar-refractivity contribution in [3.05, 3.63) is 0 Å². The molecule has 7 rings (SSSR count). The molecule has 1 saturated heterocycles. The summed E-state index contributed by atoms with van der Waals surface area (Å²) in [6.07, 6.45) is 9.44. The van der Waals surface area contributed by atoms with E-state index in [0.29, 0.717) is 48.3 Å². The Morgan fingerprint density at radius 3 is 2.55 bits per heavy atom. The van der Waals surface area contributed by atoms with Gasteiger partial charge in [-0.2, -0.15) is 0 Å². The fourth-order valence-corrected chi connectivity index (χ4v) is 10.6. The summed E-state index contributed by atoms with van der Waals surface area (Å²) in [4.78, 5) is 23.8. The van der Waals surface area contributed by atoms with Gasteiger partial charge >= 0.3 is 0 Å². The predicted molar refractivity (Wildman–Crippen MR) is 106 cm³/mol. The van der Waals surface area contributed by atoms with Gasteiger partial charge < -0.3 is 14.6 Å². The van der Waals surface area contributed by atoms with Crippen molar-refractivity contribution in [1.82, 2.24) is 0 Å². The molecule has 12 atom stereocenters. The Morgan fingerprint density at radius 1 is 1.00 bits per heavy atom. The fourth-order valence-electron chi connectivity index (χ4n) is 10.6. The summed E-state index contributed by atoms with van der Waals surface area (Å²) < 4.78 is 6.62. The van der Waals surface area contributed by atoms with Crippen molar-refractivity contribution in [3.63, 3.8) is 0 Å². The van der Waals surface area contributed by atoms with Crippen LogP contribution in [0.5, 0.6) is 0 Å². The van der Waals surface area contributed by atoms with E-state index >= 15 is 0 Å². The molecule has 0 bridgehead atoms. The van der Waals surface area contributed by atoms with Crippen LogP contribution in [0.15, 0.2) is 0 Å². The Balaban J connectivity index is 1.30. The Kier molecular flexibility index (Phi) is 3.09. The highest BCUT2D eigenvalue weighted by molar-refractivity contribution is 5.81. The van der Waals surface area contributed by atoms with Gasteiger partial charge in [-0.15, -0.1) is 0 Å². The third-order valence-electron chi connectivity index (χ3n) is 11.9. The molecule has 4 heteroatoms. The minimum Gasteiger partial charge on any atom is -0.389 e. The number of aldehydes is 1. The second-order valence-corrected chi connectivity index (χ2v) is 12.5. The summed E-state index contributed by atoms with van der Waals surface area (Å²) >= 11 is 0. The van der Waals surface area contributed by atoms with Gasteiger partial charge in [0.1, 0.15) is 18.2 Å². The van der Waals surface area contributed by atoms with Gasteiger partial charge in [-0.1, -0.05) is 13.8 Å². The molecule has 0 aromatic carbocycles. The molecule has 0 amide bonds. The standard InChI is InChI=1S/C25H34O4/c1-22-6-3-13(27)11-24(22,28)18-9-15(18)20-17(22)5-7-23(2)21(20)16-10-19(16)25(23)8-4-14(12-26)29-25/h12,14-21,28H,3-11H2,1-2H3/t14?,15?,16?,17?,18-,19?,20?,21?,22-,23+,24-,25+/m1/s1. The Labute approximate surface area is 173 Å². The molecule has 29 heavy (non-hydrogen) atoms. The molecule has 1 N–H and O–H groups in total. The van der Waals surface area contributed by atoms with Gasteiger partial charge in [-0.3, -0.25) is 4.79 Å². The van der Waals surface area contributed by atoms with E-state index in [4.69, 9.17) is 4.74 Å². The van der Waals surface area contributed by atoms with Gasteiger partial charge in [0.15, 0.2) is 0 Å². The van der Waals surface area contributed by atoms with Crippen LogP contribution >= 0.6 is 0 Å². The normalized spacial score (nSPS) is 66.5. The SMILES string of the molecule is C[C@]12CCC3C(C4C[C@H]4[C@]4(O)CC(=O)CC[C@]34C)C1C1CC1[C@@]21CCC(C=O)O1. The lowest BCUT2D eigenvalue weighted by Crippen LogP contribution is -2.65. The maximum absolute atomic E-state index is 12.3. The number of carbonyl (C=O) groups is 2. The Morgan fingerprint density at radius 2 is 1.79 bits per heavy atom. The zero-order valence-electron chi connectivity index (χ0n) is 17.7. The monoisotopic (exact) mass is 398 g/mol. The molecular weight excluding hydrogens is 364 g/mol. The number of rotatable bonds is 1. The molecule has 6 aliphatic carbocycles. The summed E-state index contributed by atoms with van der Waals surface area (Å²) in [6.45, 7) is 4.83. The Bertz CT molecular complexity index is 824. The van der Waals surface area contributed by atoms with Crippen LogP contribution in [0.2, 0.25) is 0 Å². The lowest BCUT2D eigenvalue weighted by atomic mass is 9.42. The molecular formula is C25H34O4. The van der Waals surface area contributed by atoms with Crippen molar-refractivity contribution in [1.29, 1.82) is 0 Å². The second-order valence-electron chi connectivity index (χ2n) is 12.5. The number of fused-ring (bicyclic) bond motifs is 12. The molecule has 1 aliphatic heterocycles. The first-order valence-electron chi connectivity index (χ1n) is 12.2. The van der Waals surface area contributed by atoms with Crippen LogP contribution < -0.4 is 0 Å². The largest absolute Gasteiger partial charge is 0.389 e. The highest BCUT2D eigenvalue weighted by atomic mass is 16.5. The van der Waals surface area contributed by atoms with Crippen LogP contribution in [0, 0.1) is 52.3 Å². The number of ketones is 1. The van der Waals surface area contributed by atoms with E-state index in [1.807, 2.05) is 0 Å². The van der Waals surface area contributed by atoms with Gasteiger partial charge in [0.25, 0.3) is 0 Å². The van der Waals surface area contributed by atoms with Crippen molar-refractivity contribution >= 4 is 12.1 Å². The molecule has 158 valence electrons. The molecule has 7 fully saturated rings. The van der Waals surface area contributed by atoms with Crippen LogP contribution in [0.1, 0.15) is 71.6 Å². The highest BCUT2D eigenvalue weighted by Crippen LogP contribution is 2.83. The van der Waals surface area contributed by atoms with Crippen molar-refractivity contribution in [2.75, 3.05) is 0 Å². The molecule has 0 aromatic heterocycles. The topological polar surface area (TPSA) is 63.6 Å². The van der Waals surface area contributed by atoms with Crippen LogP contribution in [0.25, 0.3) is 0 Å². The van der Waals surface area contributed by atoms with E-state index in [0.717, 1.165) is 50.7 Å². The van der Waals surface area contributed by atoms with Crippen molar-refractivity contribution < 1.29 is 19.4 Å². The summed E-state index contributed by atoms with van der Waals surface area (Å²) in [5.74, 6) is 4.54. The minimum atomic E-state index is -0.756. The number of carbonyl (C=O) groups excluding carboxylic acids is 2. The predicted octanol–water partition coefficient (Wildman–Crippen LogP) is 3.54. The number of aliphatic hydroxyl groups is 1. The van der Waals surface area contributed by atoms with Gasteiger partial charge in [-0.25, -0.2) is 0 Å². The lowest BCUT2D eigenvalue weighted by Gasteiger charge is -2.64. The highest BCUT2D eigenvalue weighted by Gasteiger charge is 2.82. The fraction of sp³-hybridized carbons (Fsp3) is 0.920. The van der Waals surface area contributed by atoms with Gasteiger partial charge in [0, 0.05) is 23.7 Å². The first-order valence-corrected chi connectivity index (χ1v) is 12.2. The molecule has 0 aromatic rings. The lowest BCUT2D eigenvalue weighted by molar-refractivity contribution is -0.226. The quantitative estimate of drug-likeness (QED) is 0.686. The Hall–Kier alpha value is -0.740. The maximum atomic E-state index is 12.3. The number of hydrogen-bond acceptors (Lipinski definition) is 4. The molecule has 6 saturated carbocycles. The van der Waals surface area contributed by atoms with Crippen LogP contribution in [-0.4, -0.2) is 34.5 Å². The molecule has 4 nitrogen and oxygen atoms in total. The van der Waals surface area contributed by atoms with E-state index in [-0.39, 0.29) is 28.3 Å². The second kappa shape index (κ2) is 5.01. The summed E-state index contributed by atoms with van der Waals surface area (Å²) in [7, 11) is 0. The zero-order valence-corrected chi connectivity index (χ0v) is 17.7.